The SMILES string of the molecule is CC(C)NC(=O)Nc1ccc(N(C)C)c(CN(CC2CCCO2)C(=O)c2ccccc2Cl)c1. The topological polar surface area (TPSA) is 73.9 Å². The number of anilines is 2. The predicted molar refractivity (Wildman–Crippen MR) is 133 cm³/mol. The van der Waals surface area contributed by atoms with Crippen molar-refractivity contribution in [2.75, 3.05) is 37.5 Å². The maximum atomic E-state index is 13.5. The molecule has 0 spiro atoms. The summed E-state index contributed by atoms with van der Waals surface area (Å²) < 4.78 is 5.83. The minimum atomic E-state index is -0.267. The van der Waals surface area contributed by atoms with Gasteiger partial charge in [0.1, 0.15) is 0 Å². The Morgan fingerprint density at radius 1 is 1.18 bits per heavy atom. The van der Waals surface area contributed by atoms with Crippen molar-refractivity contribution in [3.63, 3.8) is 0 Å². The van der Waals surface area contributed by atoms with Crippen LogP contribution in [-0.4, -0.2) is 56.2 Å². The molecule has 2 aromatic rings. The summed E-state index contributed by atoms with van der Waals surface area (Å²) in [6.45, 7) is 5.36. The standard InChI is InChI=1S/C25H33ClN4O3/c1-17(2)27-25(32)28-19-11-12-23(29(3)4)18(14-19)15-30(16-20-8-7-13-33-20)24(31)21-9-5-6-10-22(21)26/h5-6,9-12,14,17,20H,7-8,13,15-16H2,1-4H3,(H2,27,28,32). The lowest BCUT2D eigenvalue weighted by molar-refractivity contribution is 0.0507. The molecule has 1 aliphatic rings. The Hall–Kier alpha value is -2.77. The lowest BCUT2D eigenvalue weighted by atomic mass is 10.1. The average Bonchev–Trinajstić information content (AvgIpc) is 3.25. The second kappa shape index (κ2) is 11.4. The zero-order chi connectivity index (χ0) is 24.0. The van der Waals surface area contributed by atoms with Crippen molar-refractivity contribution in [3.8, 4) is 0 Å². The lowest BCUT2D eigenvalue weighted by Gasteiger charge is -2.28. The van der Waals surface area contributed by atoms with E-state index < -0.39 is 0 Å². The second-order valence-electron chi connectivity index (χ2n) is 8.79. The van der Waals surface area contributed by atoms with Crippen LogP contribution in [0.4, 0.5) is 16.2 Å². The van der Waals surface area contributed by atoms with Gasteiger partial charge in [0.05, 0.1) is 16.7 Å². The van der Waals surface area contributed by atoms with Crippen LogP contribution in [0, 0.1) is 0 Å². The van der Waals surface area contributed by atoms with Gasteiger partial charge in [0.15, 0.2) is 0 Å². The molecule has 3 amide bonds. The number of nitrogens with one attached hydrogen (secondary N) is 2. The quantitative estimate of drug-likeness (QED) is 0.581. The number of amides is 3. The fraction of sp³-hybridized carbons (Fsp3) is 0.440. The molecule has 2 N–H and O–H groups in total. The Balaban J connectivity index is 1.90. The zero-order valence-electron chi connectivity index (χ0n) is 19.7. The molecule has 0 bridgehead atoms. The molecule has 1 heterocycles. The van der Waals surface area contributed by atoms with Crippen molar-refractivity contribution in [2.24, 2.45) is 0 Å². The van der Waals surface area contributed by atoms with Crippen molar-refractivity contribution in [1.29, 1.82) is 0 Å². The van der Waals surface area contributed by atoms with Crippen LogP contribution < -0.4 is 15.5 Å². The molecule has 178 valence electrons. The summed E-state index contributed by atoms with van der Waals surface area (Å²) in [5.41, 5.74) is 3.01. The van der Waals surface area contributed by atoms with Crippen LogP contribution in [-0.2, 0) is 11.3 Å². The van der Waals surface area contributed by atoms with Crippen LogP contribution in [0.2, 0.25) is 5.02 Å². The van der Waals surface area contributed by atoms with Crippen LogP contribution in [0.1, 0.15) is 42.6 Å². The molecule has 2 aromatic carbocycles. The number of urea groups is 1. The number of ether oxygens (including phenoxy) is 1. The maximum absolute atomic E-state index is 13.5. The highest BCUT2D eigenvalue weighted by Gasteiger charge is 2.26. The summed E-state index contributed by atoms with van der Waals surface area (Å²) in [6.07, 6.45) is 1.91. The summed E-state index contributed by atoms with van der Waals surface area (Å²) in [4.78, 5) is 29.5. The highest BCUT2D eigenvalue weighted by atomic mass is 35.5. The first-order valence-corrected chi connectivity index (χ1v) is 11.7. The Morgan fingerprint density at radius 2 is 1.94 bits per heavy atom. The summed E-state index contributed by atoms with van der Waals surface area (Å²) in [5.74, 6) is -0.142. The molecule has 0 aromatic heterocycles. The number of rotatable bonds is 8. The van der Waals surface area contributed by atoms with Crippen molar-refractivity contribution in [3.05, 3.63) is 58.6 Å². The van der Waals surface area contributed by atoms with Crippen LogP contribution >= 0.6 is 11.6 Å². The van der Waals surface area contributed by atoms with E-state index in [4.69, 9.17) is 16.3 Å². The van der Waals surface area contributed by atoms with Gasteiger partial charge in [-0.3, -0.25) is 4.79 Å². The van der Waals surface area contributed by atoms with Crippen molar-refractivity contribution < 1.29 is 14.3 Å². The molecule has 0 radical (unpaired) electrons. The number of halogens is 1. The van der Waals surface area contributed by atoms with Crippen LogP contribution in [0.25, 0.3) is 0 Å². The van der Waals surface area contributed by atoms with Crippen LogP contribution in [0.3, 0.4) is 0 Å². The van der Waals surface area contributed by atoms with Gasteiger partial charge in [0.25, 0.3) is 5.91 Å². The predicted octanol–water partition coefficient (Wildman–Crippen LogP) is 4.76. The Bertz CT molecular complexity index is 974. The molecular formula is C25H33ClN4O3. The average molecular weight is 473 g/mol. The maximum Gasteiger partial charge on any atom is 0.319 e. The van der Waals surface area contributed by atoms with Crippen molar-refractivity contribution >= 4 is 34.9 Å². The first-order chi connectivity index (χ1) is 15.7. The Labute approximate surface area is 201 Å². The van der Waals surface area contributed by atoms with E-state index in [2.05, 4.69) is 10.6 Å². The summed E-state index contributed by atoms with van der Waals surface area (Å²) in [5, 5.41) is 6.13. The highest BCUT2D eigenvalue weighted by molar-refractivity contribution is 6.33. The van der Waals surface area contributed by atoms with Crippen LogP contribution in [0.15, 0.2) is 42.5 Å². The fourth-order valence-corrected chi connectivity index (χ4v) is 4.14. The summed E-state index contributed by atoms with van der Waals surface area (Å²) in [7, 11) is 3.91. The molecule has 1 unspecified atom stereocenters. The Morgan fingerprint density at radius 3 is 2.58 bits per heavy atom. The van der Waals surface area contributed by atoms with Gasteiger partial charge in [-0.2, -0.15) is 0 Å². The number of hydrogen-bond donors (Lipinski definition) is 2. The molecule has 8 heteroatoms. The molecule has 0 saturated carbocycles. The lowest BCUT2D eigenvalue weighted by Crippen LogP contribution is -2.37. The largest absolute Gasteiger partial charge is 0.377 e. The number of benzene rings is 2. The van der Waals surface area contributed by atoms with Gasteiger partial charge in [0, 0.05) is 51.2 Å². The molecule has 7 nitrogen and oxygen atoms in total. The number of hydrogen-bond acceptors (Lipinski definition) is 4. The third kappa shape index (κ3) is 6.85. The Kier molecular flexibility index (Phi) is 8.58. The summed E-state index contributed by atoms with van der Waals surface area (Å²) in [6, 6.07) is 12.6. The monoisotopic (exact) mass is 472 g/mol. The molecule has 33 heavy (non-hydrogen) atoms. The van der Waals surface area contributed by atoms with Gasteiger partial charge >= 0.3 is 6.03 Å². The first kappa shape index (κ1) is 24.9. The van der Waals surface area contributed by atoms with E-state index in [1.807, 2.05) is 63.2 Å². The molecule has 1 saturated heterocycles. The molecule has 1 atom stereocenters. The number of nitrogens with zero attached hydrogens (tertiary/aromatic N) is 2. The number of carbonyl (C=O) groups is 2. The minimum Gasteiger partial charge on any atom is -0.377 e. The van der Waals surface area contributed by atoms with Gasteiger partial charge < -0.3 is 25.2 Å². The number of carbonyl (C=O) groups excluding carboxylic acids is 2. The van der Waals surface area contributed by atoms with Gasteiger partial charge in [-0.1, -0.05) is 23.7 Å². The van der Waals surface area contributed by atoms with E-state index in [-0.39, 0.29) is 24.1 Å². The van der Waals surface area contributed by atoms with E-state index in [0.717, 1.165) is 24.1 Å². The summed E-state index contributed by atoms with van der Waals surface area (Å²) >= 11 is 6.35. The van der Waals surface area contributed by atoms with E-state index >= 15 is 0 Å². The van der Waals surface area contributed by atoms with Gasteiger partial charge in [0.2, 0.25) is 0 Å². The third-order valence-electron chi connectivity index (χ3n) is 5.44. The highest BCUT2D eigenvalue weighted by Crippen LogP contribution is 2.27. The second-order valence-corrected chi connectivity index (χ2v) is 9.20. The van der Waals surface area contributed by atoms with E-state index in [1.54, 1.807) is 17.0 Å². The molecule has 1 fully saturated rings. The normalized spacial score (nSPS) is 15.4. The zero-order valence-corrected chi connectivity index (χ0v) is 20.5. The third-order valence-corrected chi connectivity index (χ3v) is 5.77. The van der Waals surface area contributed by atoms with E-state index in [9.17, 15) is 9.59 Å². The van der Waals surface area contributed by atoms with Gasteiger partial charge in [-0.15, -0.1) is 0 Å². The van der Waals surface area contributed by atoms with E-state index in [0.29, 0.717) is 36.0 Å². The fourth-order valence-electron chi connectivity index (χ4n) is 3.92. The van der Waals surface area contributed by atoms with E-state index in [1.165, 1.54) is 0 Å². The smallest absolute Gasteiger partial charge is 0.319 e. The molecular weight excluding hydrogens is 440 g/mol. The van der Waals surface area contributed by atoms with Crippen molar-refractivity contribution in [2.45, 2.75) is 45.4 Å². The van der Waals surface area contributed by atoms with Crippen molar-refractivity contribution in [1.82, 2.24) is 10.2 Å². The first-order valence-electron chi connectivity index (χ1n) is 11.3. The molecule has 3 rings (SSSR count). The molecule has 1 aliphatic heterocycles. The van der Waals surface area contributed by atoms with Gasteiger partial charge in [-0.25, -0.2) is 4.79 Å². The molecule has 0 aliphatic carbocycles. The minimum absolute atomic E-state index is 0.00243. The van der Waals surface area contributed by atoms with Gasteiger partial charge in [-0.05, 0) is 62.6 Å². The van der Waals surface area contributed by atoms with Crippen LogP contribution in [0.5, 0.6) is 0 Å².